The molecule has 7 heteroatoms. The van der Waals surface area contributed by atoms with E-state index in [0.717, 1.165) is 0 Å². The van der Waals surface area contributed by atoms with Crippen molar-refractivity contribution in [2.45, 2.75) is 32.4 Å². The van der Waals surface area contributed by atoms with Crippen molar-refractivity contribution in [2.75, 3.05) is 12.3 Å². The molecule has 0 bridgehead atoms. The number of nitrogen functional groups attached to an aromatic ring is 1. The Labute approximate surface area is 111 Å². The number of nitrogens with one attached hydrogen (secondary N) is 1. The molecule has 3 N–H and O–H groups in total. The highest BCUT2D eigenvalue weighted by Crippen LogP contribution is 2.15. The SMILES string of the molecule is CC(C)N1CC[C@H](NC(=O)c2nccnc2N)C1=O. The Bertz CT molecular complexity index is 503. The lowest BCUT2D eigenvalue weighted by Gasteiger charge is -2.21. The summed E-state index contributed by atoms with van der Waals surface area (Å²) in [5, 5.41) is 2.66. The predicted molar refractivity (Wildman–Crippen MR) is 69.2 cm³/mol. The quantitative estimate of drug-likeness (QED) is 0.786. The molecule has 2 amide bonds. The number of hydrogen-bond donors (Lipinski definition) is 2. The van der Waals surface area contributed by atoms with Gasteiger partial charge in [-0.1, -0.05) is 0 Å². The first-order valence-electron chi connectivity index (χ1n) is 6.18. The second kappa shape index (κ2) is 5.21. The summed E-state index contributed by atoms with van der Waals surface area (Å²) in [6.45, 7) is 4.54. The van der Waals surface area contributed by atoms with Crippen molar-refractivity contribution >= 4 is 17.6 Å². The molecule has 0 aliphatic carbocycles. The van der Waals surface area contributed by atoms with Crippen molar-refractivity contribution < 1.29 is 9.59 Å². The Morgan fingerprint density at radius 2 is 2.16 bits per heavy atom. The fourth-order valence-electron chi connectivity index (χ4n) is 2.10. The molecule has 7 nitrogen and oxygen atoms in total. The lowest BCUT2D eigenvalue weighted by Crippen LogP contribution is -2.43. The second-order valence-corrected chi connectivity index (χ2v) is 4.73. The first-order chi connectivity index (χ1) is 9.00. The Kier molecular flexibility index (Phi) is 3.64. The topological polar surface area (TPSA) is 101 Å². The van der Waals surface area contributed by atoms with Crippen LogP contribution in [0.5, 0.6) is 0 Å². The van der Waals surface area contributed by atoms with Gasteiger partial charge in [0.05, 0.1) is 0 Å². The van der Waals surface area contributed by atoms with Gasteiger partial charge in [-0.3, -0.25) is 9.59 Å². The van der Waals surface area contributed by atoms with Gasteiger partial charge >= 0.3 is 0 Å². The Balaban J connectivity index is 2.05. The van der Waals surface area contributed by atoms with Crippen LogP contribution in [0.15, 0.2) is 12.4 Å². The van der Waals surface area contributed by atoms with Crippen LogP contribution in [0, 0.1) is 0 Å². The molecular formula is C12H17N5O2. The maximum atomic E-state index is 12.0. The minimum absolute atomic E-state index is 0.0540. The highest BCUT2D eigenvalue weighted by atomic mass is 16.2. The zero-order valence-corrected chi connectivity index (χ0v) is 11.0. The number of nitrogens with two attached hydrogens (primary N) is 1. The summed E-state index contributed by atoms with van der Waals surface area (Å²) < 4.78 is 0. The number of hydrogen-bond acceptors (Lipinski definition) is 5. The molecule has 19 heavy (non-hydrogen) atoms. The van der Waals surface area contributed by atoms with Crippen LogP contribution in [0.4, 0.5) is 5.82 Å². The highest BCUT2D eigenvalue weighted by molar-refractivity contribution is 5.99. The molecule has 0 saturated carbocycles. The van der Waals surface area contributed by atoms with Gasteiger partial charge in [0.1, 0.15) is 6.04 Å². The van der Waals surface area contributed by atoms with Gasteiger partial charge in [0, 0.05) is 25.0 Å². The van der Waals surface area contributed by atoms with E-state index >= 15 is 0 Å². The first kappa shape index (κ1) is 13.3. The summed E-state index contributed by atoms with van der Waals surface area (Å²) in [7, 11) is 0. The summed E-state index contributed by atoms with van der Waals surface area (Å²) in [5.74, 6) is -0.466. The van der Waals surface area contributed by atoms with Crippen LogP contribution in [0.2, 0.25) is 0 Å². The van der Waals surface area contributed by atoms with E-state index in [4.69, 9.17) is 5.73 Å². The molecule has 102 valence electrons. The Morgan fingerprint density at radius 3 is 2.74 bits per heavy atom. The molecule has 0 spiro atoms. The van der Waals surface area contributed by atoms with Crippen molar-refractivity contribution in [1.29, 1.82) is 0 Å². The van der Waals surface area contributed by atoms with Crippen LogP contribution in [0.25, 0.3) is 0 Å². The van der Waals surface area contributed by atoms with E-state index in [2.05, 4.69) is 15.3 Å². The molecular weight excluding hydrogens is 246 g/mol. The summed E-state index contributed by atoms with van der Waals surface area (Å²) in [5.41, 5.74) is 5.63. The van der Waals surface area contributed by atoms with Crippen molar-refractivity contribution in [2.24, 2.45) is 0 Å². The number of amides is 2. The second-order valence-electron chi connectivity index (χ2n) is 4.73. The summed E-state index contributed by atoms with van der Waals surface area (Å²) >= 11 is 0. The van der Waals surface area contributed by atoms with E-state index in [1.807, 2.05) is 13.8 Å². The molecule has 1 saturated heterocycles. The number of aromatic nitrogens is 2. The number of rotatable bonds is 3. The normalized spacial score (nSPS) is 19.0. The average molecular weight is 263 g/mol. The van der Waals surface area contributed by atoms with Crippen molar-refractivity contribution in [1.82, 2.24) is 20.2 Å². The maximum Gasteiger partial charge on any atom is 0.274 e. The first-order valence-corrected chi connectivity index (χ1v) is 6.18. The molecule has 1 aromatic heterocycles. The zero-order chi connectivity index (χ0) is 14.0. The number of anilines is 1. The van der Waals surface area contributed by atoms with E-state index < -0.39 is 11.9 Å². The van der Waals surface area contributed by atoms with E-state index in [1.54, 1.807) is 4.90 Å². The van der Waals surface area contributed by atoms with Gasteiger partial charge in [-0.2, -0.15) is 0 Å². The largest absolute Gasteiger partial charge is 0.382 e. The zero-order valence-electron chi connectivity index (χ0n) is 11.0. The predicted octanol–water partition coefficient (Wildman–Crippen LogP) is -0.202. The van der Waals surface area contributed by atoms with Gasteiger partial charge in [-0.15, -0.1) is 0 Å². The number of carbonyl (C=O) groups is 2. The monoisotopic (exact) mass is 263 g/mol. The Morgan fingerprint density at radius 1 is 1.47 bits per heavy atom. The molecule has 2 heterocycles. The van der Waals surface area contributed by atoms with Crippen molar-refractivity contribution in [3.05, 3.63) is 18.1 Å². The molecule has 2 rings (SSSR count). The molecule has 1 fully saturated rings. The van der Waals surface area contributed by atoms with Crippen molar-refractivity contribution in [3.63, 3.8) is 0 Å². The van der Waals surface area contributed by atoms with Crippen LogP contribution in [-0.2, 0) is 4.79 Å². The summed E-state index contributed by atoms with van der Waals surface area (Å²) in [6.07, 6.45) is 3.40. The van der Waals surface area contributed by atoms with Crippen molar-refractivity contribution in [3.8, 4) is 0 Å². The van der Waals surface area contributed by atoms with Gasteiger partial charge in [0.15, 0.2) is 11.5 Å². The minimum atomic E-state index is -0.503. The third kappa shape index (κ3) is 2.64. The van der Waals surface area contributed by atoms with Gasteiger partial charge in [0.2, 0.25) is 5.91 Å². The molecule has 0 aromatic carbocycles. The standard InChI is InChI=1S/C12H17N5O2/c1-7(2)17-6-3-8(12(17)19)16-11(18)9-10(13)15-5-4-14-9/h4-5,7-8H,3,6H2,1-2H3,(H2,13,15)(H,16,18)/t8-/m0/s1. The van der Waals surface area contributed by atoms with Crippen LogP contribution >= 0.6 is 0 Å². The smallest absolute Gasteiger partial charge is 0.274 e. The van der Waals surface area contributed by atoms with Gasteiger partial charge in [-0.05, 0) is 20.3 Å². The molecule has 1 aliphatic heterocycles. The average Bonchev–Trinajstić information content (AvgIpc) is 2.71. The third-order valence-corrected chi connectivity index (χ3v) is 3.11. The van der Waals surface area contributed by atoms with E-state index in [-0.39, 0.29) is 23.5 Å². The number of likely N-dealkylation sites (tertiary alicyclic amines) is 1. The number of carbonyl (C=O) groups excluding carboxylic acids is 2. The molecule has 1 atom stereocenters. The van der Waals surface area contributed by atoms with Gasteiger partial charge in [-0.25, -0.2) is 9.97 Å². The molecule has 1 aromatic rings. The third-order valence-electron chi connectivity index (χ3n) is 3.11. The fraction of sp³-hybridized carbons (Fsp3) is 0.500. The lowest BCUT2D eigenvalue weighted by atomic mass is 10.2. The van der Waals surface area contributed by atoms with Crippen LogP contribution in [0.1, 0.15) is 30.8 Å². The fourth-order valence-corrected chi connectivity index (χ4v) is 2.10. The van der Waals surface area contributed by atoms with Crippen LogP contribution < -0.4 is 11.1 Å². The Hall–Kier alpha value is -2.18. The van der Waals surface area contributed by atoms with E-state index in [1.165, 1.54) is 12.4 Å². The number of nitrogens with zero attached hydrogens (tertiary/aromatic N) is 3. The minimum Gasteiger partial charge on any atom is -0.382 e. The summed E-state index contributed by atoms with van der Waals surface area (Å²) in [6, 6.07) is -0.368. The maximum absolute atomic E-state index is 12.0. The molecule has 0 unspecified atom stereocenters. The van der Waals surface area contributed by atoms with Crippen LogP contribution in [-0.4, -0.2) is 45.3 Å². The van der Waals surface area contributed by atoms with Gasteiger partial charge < -0.3 is 16.0 Å². The molecule has 1 aliphatic rings. The highest BCUT2D eigenvalue weighted by Gasteiger charge is 2.34. The van der Waals surface area contributed by atoms with E-state index in [9.17, 15) is 9.59 Å². The lowest BCUT2D eigenvalue weighted by molar-refractivity contribution is -0.130. The van der Waals surface area contributed by atoms with E-state index in [0.29, 0.717) is 13.0 Å². The summed E-state index contributed by atoms with van der Waals surface area (Å²) in [4.78, 5) is 33.4. The van der Waals surface area contributed by atoms with Gasteiger partial charge in [0.25, 0.3) is 5.91 Å². The molecule has 0 radical (unpaired) electrons. The van der Waals surface area contributed by atoms with Crippen LogP contribution in [0.3, 0.4) is 0 Å².